The van der Waals surface area contributed by atoms with E-state index in [1.165, 1.54) is 0 Å². The number of aromatic nitrogens is 3. The smallest absolute Gasteiger partial charge is 0.262 e. The van der Waals surface area contributed by atoms with E-state index in [4.69, 9.17) is 0 Å². The van der Waals surface area contributed by atoms with Gasteiger partial charge >= 0.3 is 0 Å². The van der Waals surface area contributed by atoms with E-state index >= 15 is 0 Å². The zero-order chi connectivity index (χ0) is 20.7. The first-order valence-corrected chi connectivity index (χ1v) is 9.32. The second-order valence-corrected chi connectivity index (χ2v) is 7.67. The molecule has 0 fully saturated rings. The van der Waals surface area contributed by atoms with Crippen molar-refractivity contribution in [2.75, 3.05) is 12.0 Å². The number of nitrogens with one attached hydrogen (secondary N) is 2. The lowest BCUT2D eigenvalue weighted by Crippen LogP contribution is -2.41. The largest absolute Gasteiger partial charge is 0.286 e. The molecule has 0 saturated carbocycles. The van der Waals surface area contributed by atoms with Gasteiger partial charge in [0.2, 0.25) is 12.3 Å². The van der Waals surface area contributed by atoms with Crippen LogP contribution in [0.15, 0.2) is 18.2 Å². The molecule has 0 radical (unpaired) electrons. The lowest BCUT2D eigenvalue weighted by molar-refractivity contribution is -0.154. The number of benzene rings is 1. The molecule has 1 atom stereocenters. The number of carbonyl (C=O) groups is 2. The van der Waals surface area contributed by atoms with E-state index in [1.54, 1.807) is 0 Å². The number of amides is 2. The third kappa shape index (κ3) is 5.85. The van der Waals surface area contributed by atoms with Crippen molar-refractivity contribution in [1.82, 2.24) is 25.7 Å². The van der Waals surface area contributed by atoms with Gasteiger partial charge in [-0.2, -0.15) is 0 Å². The van der Waals surface area contributed by atoms with Crippen molar-refractivity contribution in [3.8, 4) is 0 Å². The zero-order valence-electron chi connectivity index (χ0n) is 16.8. The topological polar surface area (TPSA) is 120 Å². The molecular formula is C19H28N6O3. The highest BCUT2D eigenvalue weighted by atomic mass is 16.5. The fourth-order valence-electron chi connectivity index (χ4n) is 2.69. The highest BCUT2D eigenvalue weighted by molar-refractivity contribution is 5.81. The number of rotatable bonds is 10. The van der Waals surface area contributed by atoms with Crippen molar-refractivity contribution in [2.45, 2.75) is 47.0 Å². The lowest BCUT2D eigenvalue weighted by Gasteiger charge is -2.26. The van der Waals surface area contributed by atoms with Crippen LogP contribution in [0, 0.1) is 18.3 Å². The minimum absolute atomic E-state index is 0.0658. The quantitative estimate of drug-likeness (QED) is 0.325. The summed E-state index contributed by atoms with van der Waals surface area (Å²) in [7, 11) is 0. The molecule has 2 rings (SSSR count). The molecule has 152 valence electrons. The first-order chi connectivity index (χ1) is 13.3. The van der Waals surface area contributed by atoms with Crippen LogP contribution in [-0.2, 0) is 9.59 Å². The van der Waals surface area contributed by atoms with Crippen LogP contribution >= 0.6 is 0 Å². The fourth-order valence-corrected chi connectivity index (χ4v) is 2.69. The number of hydrogen-bond acceptors (Lipinski definition) is 7. The summed E-state index contributed by atoms with van der Waals surface area (Å²) in [6, 6.07) is 5.60. The summed E-state index contributed by atoms with van der Waals surface area (Å²) in [5, 5.41) is 18.1. The molecule has 1 aromatic carbocycles. The molecule has 28 heavy (non-hydrogen) atoms. The molecule has 0 saturated heterocycles. The van der Waals surface area contributed by atoms with Crippen LogP contribution in [-0.4, -0.2) is 44.3 Å². The standard InChI is InChI=1S/C19H28N6O3/c1-5-19(3,4)10-9-14(11-25(28)12-26)17(27)22-24-18-20-16-13(2)7-6-8-15(16)21-23-18/h6-8,12,14,28H,5,9-11H2,1-4H3,(H,22,27)(H,20,23,24). The third-order valence-corrected chi connectivity index (χ3v) is 5.01. The Labute approximate surface area is 164 Å². The van der Waals surface area contributed by atoms with Crippen molar-refractivity contribution in [3.63, 3.8) is 0 Å². The van der Waals surface area contributed by atoms with E-state index in [2.05, 4.69) is 46.8 Å². The molecule has 0 spiro atoms. The van der Waals surface area contributed by atoms with Gasteiger partial charge in [0.25, 0.3) is 5.95 Å². The van der Waals surface area contributed by atoms with Crippen LogP contribution in [0.3, 0.4) is 0 Å². The number of carbonyl (C=O) groups excluding carboxylic acids is 2. The first-order valence-electron chi connectivity index (χ1n) is 9.32. The predicted molar refractivity (Wildman–Crippen MR) is 105 cm³/mol. The Hall–Kier alpha value is -2.81. The summed E-state index contributed by atoms with van der Waals surface area (Å²) >= 11 is 0. The molecule has 1 unspecified atom stereocenters. The van der Waals surface area contributed by atoms with Gasteiger partial charge in [-0.25, -0.2) is 10.0 Å². The van der Waals surface area contributed by atoms with Crippen molar-refractivity contribution in [1.29, 1.82) is 0 Å². The molecular weight excluding hydrogens is 360 g/mol. The Bertz CT molecular complexity index is 826. The van der Waals surface area contributed by atoms with Crippen LogP contribution < -0.4 is 10.9 Å². The van der Waals surface area contributed by atoms with Crippen molar-refractivity contribution in [2.24, 2.45) is 11.3 Å². The maximum atomic E-state index is 12.6. The first kappa shape index (κ1) is 21.5. The maximum Gasteiger partial charge on any atom is 0.262 e. The van der Waals surface area contributed by atoms with Crippen molar-refractivity contribution < 1.29 is 14.8 Å². The number of nitrogens with zero attached hydrogens (tertiary/aromatic N) is 4. The van der Waals surface area contributed by atoms with E-state index in [9.17, 15) is 14.8 Å². The van der Waals surface area contributed by atoms with Gasteiger partial charge in [-0.15, -0.1) is 10.2 Å². The molecule has 0 bridgehead atoms. The highest BCUT2D eigenvalue weighted by Crippen LogP contribution is 2.28. The Kier molecular flexibility index (Phi) is 7.22. The number of para-hydroxylation sites is 1. The fraction of sp³-hybridized carbons (Fsp3) is 0.526. The molecule has 0 aliphatic carbocycles. The SMILES string of the molecule is CCC(C)(C)CCC(CN(O)C=O)C(=O)NNc1nnc2cccc(C)c2n1. The molecule has 0 aliphatic heterocycles. The minimum atomic E-state index is -0.580. The molecule has 2 aromatic rings. The summed E-state index contributed by atoms with van der Waals surface area (Å²) in [4.78, 5) is 27.7. The summed E-state index contributed by atoms with van der Waals surface area (Å²) in [6.07, 6.45) is 2.56. The Morgan fingerprint density at radius 1 is 1.36 bits per heavy atom. The molecule has 2 amide bonds. The van der Waals surface area contributed by atoms with Crippen molar-refractivity contribution >= 4 is 29.3 Å². The van der Waals surface area contributed by atoms with E-state index in [0.717, 1.165) is 18.4 Å². The van der Waals surface area contributed by atoms with Crippen LogP contribution in [0.2, 0.25) is 0 Å². The number of fused-ring (bicyclic) bond motifs is 1. The van der Waals surface area contributed by atoms with Crippen LogP contribution in [0.1, 0.15) is 45.6 Å². The number of hydroxylamine groups is 2. The average Bonchev–Trinajstić information content (AvgIpc) is 2.69. The van der Waals surface area contributed by atoms with Crippen LogP contribution in [0.25, 0.3) is 11.0 Å². The molecule has 0 aliphatic rings. The predicted octanol–water partition coefficient (Wildman–Crippen LogP) is 2.46. The van der Waals surface area contributed by atoms with Gasteiger partial charge in [-0.3, -0.25) is 25.6 Å². The van der Waals surface area contributed by atoms with E-state index in [0.29, 0.717) is 22.5 Å². The normalized spacial score (nSPS) is 12.5. The van der Waals surface area contributed by atoms with Crippen LogP contribution in [0.4, 0.5) is 5.95 Å². The van der Waals surface area contributed by atoms with Gasteiger partial charge in [0.05, 0.1) is 18.0 Å². The van der Waals surface area contributed by atoms with Crippen molar-refractivity contribution in [3.05, 3.63) is 23.8 Å². The summed E-state index contributed by atoms with van der Waals surface area (Å²) in [5.74, 6) is -0.774. The molecule has 9 heteroatoms. The van der Waals surface area contributed by atoms with Gasteiger partial charge in [-0.05, 0) is 36.8 Å². The van der Waals surface area contributed by atoms with Crippen LogP contribution in [0.5, 0.6) is 0 Å². The molecule has 3 N–H and O–H groups in total. The molecule has 9 nitrogen and oxygen atoms in total. The van der Waals surface area contributed by atoms with E-state index in [-0.39, 0.29) is 30.2 Å². The summed E-state index contributed by atoms with van der Waals surface area (Å²) in [6.45, 7) is 8.15. The third-order valence-electron chi connectivity index (χ3n) is 5.01. The second kappa shape index (κ2) is 9.41. The van der Waals surface area contributed by atoms with Gasteiger partial charge in [0, 0.05) is 0 Å². The monoisotopic (exact) mass is 388 g/mol. The van der Waals surface area contributed by atoms with Gasteiger partial charge in [0.15, 0.2) is 0 Å². The maximum absolute atomic E-state index is 12.6. The lowest BCUT2D eigenvalue weighted by atomic mass is 9.82. The minimum Gasteiger partial charge on any atom is -0.286 e. The highest BCUT2D eigenvalue weighted by Gasteiger charge is 2.25. The Morgan fingerprint density at radius 2 is 2.11 bits per heavy atom. The average molecular weight is 388 g/mol. The van der Waals surface area contributed by atoms with E-state index in [1.807, 2.05) is 25.1 Å². The van der Waals surface area contributed by atoms with Gasteiger partial charge < -0.3 is 0 Å². The number of aryl methyl sites for hydroxylation is 1. The van der Waals surface area contributed by atoms with E-state index < -0.39 is 5.92 Å². The summed E-state index contributed by atoms with van der Waals surface area (Å²) < 4.78 is 0. The summed E-state index contributed by atoms with van der Waals surface area (Å²) in [5.41, 5.74) is 7.60. The molecule has 1 heterocycles. The van der Waals surface area contributed by atoms with Gasteiger partial charge in [-0.1, -0.05) is 39.3 Å². The number of hydrogen-bond donors (Lipinski definition) is 3. The molecule has 1 aromatic heterocycles. The zero-order valence-corrected chi connectivity index (χ0v) is 16.8. The Morgan fingerprint density at radius 3 is 2.79 bits per heavy atom. The number of anilines is 1. The second-order valence-electron chi connectivity index (χ2n) is 7.67. The van der Waals surface area contributed by atoms with Gasteiger partial charge in [0.1, 0.15) is 5.52 Å². The number of hydrazine groups is 1. The Balaban J connectivity index is 2.05.